The Morgan fingerprint density at radius 1 is 1.10 bits per heavy atom. The second kappa shape index (κ2) is 7.48. The molecule has 3 heterocycles. The topological polar surface area (TPSA) is 91.0 Å². The van der Waals surface area contributed by atoms with Crippen LogP contribution in [0.3, 0.4) is 0 Å². The summed E-state index contributed by atoms with van der Waals surface area (Å²) in [7, 11) is 0. The van der Waals surface area contributed by atoms with E-state index in [0.717, 1.165) is 48.2 Å². The Hall–Kier alpha value is -2.93. The summed E-state index contributed by atoms with van der Waals surface area (Å²) in [5.41, 5.74) is 4.34. The summed E-state index contributed by atoms with van der Waals surface area (Å²) in [6, 6.07) is 7.86. The van der Waals surface area contributed by atoms with Gasteiger partial charge in [-0.05, 0) is 51.3 Å². The predicted molar refractivity (Wildman–Crippen MR) is 112 cm³/mol. The summed E-state index contributed by atoms with van der Waals surface area (Å²) < 4.78 is 1.85. The molecule has 0 saturated carbocycles. The number of hydrogen-bond acceptors (Lipinski definition) is 4. The van der Waals surface area contributed by atoms with Gasteiger partial charge in [-0.3, -0.25) is 19.1 Å². The first-order valence-electron chi connectivity index (χ1n) is 10.0. The highest BCUT2D eigenvalue weighted by molar-refractivity contribution is 6.03. The number of para-hydroxylation sites is 2. The van der Waals surface area contributed by atoms with Gasteiger partial charge in [0, 0.05) is 30.4 Å². The number of H-pyrrole nitrogens is 2. The van der Waals surface area contributed by atoms with Crippen molar-refractivity contribution in [1.82, 2.24) is 19.4 Å². The Morgan fingerprint density at radius 2 is 1.79 bits per heavy atom. The van der Waals surface area contributed by atoms with Crippen LogP contribution in [-0.2, 0) is 0 Å². The Balaban J connectivity index is 1.45. The molecule has 0 bridgehead atoms. The number of likely N-dealkylation sites (tertiary alicyclic amines) is 1. The van der Waals surface area contributed by atoms with Gasteiger partial charge in [-0.2, -0.15) is 0 Å². The zero-order valence-electron chi connectivity index (χ0n) is 17.0. The number of aryl methyl sites for hydroxylation is 1. The van der Waals surface area contributed by atoms with Crippen LogP contribution < -0.4 is 5.69 Å². The van der Waals surface area contributed by atoms with Crippen molar-refractivity contribution in [3.8, 4) is 0 Å². The van der Waals surface area contributed by atoms with Gasteiger partial charge in [-0.1, -0.05) is 12.1 Å². The van der Waals surface area contributed by atoms with Crippen molar-refractivity contribution in [3.63, 3.8) is 0 Å². The molecule has 0 amide bonds. The first-order chi connectivity index (χ1) is 13.9. The molecule has 4 rings (SSSR count). The van der Waals surface area contributed by atoms with E-state index in [1.54, 1.807) is 0 Å². The maximum absolute atomic E-state index is 12.8. The molecule has 29 heavy (non-hydrogen) atoms. The lowest BCUT2D eigenvalue weighted by Crippen LogP contribution is -2.39. The molecule has 0 atom stereocenters. The van der Waals surface area contributed by atoms with E-state index in [1.807, 2.05) is 42.7 Å². The number of piperidine rings is 1. The zero-order chi connectivity index (χ0) is 20.7. The van der Waals surface area contributed by atoms with Crippen LogP contribution in [-0.4, -0.2) is 50.6 Å². The fourth-order valence-electron chi connectivity index (χ4n) is 4.61. The number of aromatic nitrogens is 3. The molecular formula is C22H26N4O3. The number of aromatic amines is 2. The van der Waals surface area contributed by atoms with Gasteiger partial charge in [0.1, 0.15) is 0 Å². The van der Waals surface area contributed by atoms with Gasteiger partial charge in [0.05, 0.1) is 23.3 Å². The van der Waals surface area contributed by atoms with E-state index in [9.17, 15) is 14.4 Å². The van der Waals surface area contributed by atoms with Gasteiger partial charge in [0.15, 0.2) is 11.6 Å². The van der Waals surface area contributed by atoms with Crippen LogP contribution in [0.5, 0.6) is 0 Å². The second-order valence-electron chi connectivity index (χ2n) is 7.93. The molecule has 0 unspecified atom stereocenters. The van der Waals surface area contributed by atoms with Crippen molar-refractivity contribution < 1.29 is 9.59 Å². The molecule has 1 aromatic carbocycles. The van der Waals surface area contributed by atoms with E-state index in [-0.39, 0.29) is 23.3 Å². The lowest BCUT2D eigenvalue weighted by Gasteiger charge is -2.32. The maximum atomic E-state index is 12.8. The lowest BCUT2D eigenvalue weighted by atomic mass is 10.0. The van der Waals surface area contributed by atoms with E-state index in [1.165, 1.54) is 6.92 Å². The number of rotatable bonds is 5. The van der Waals surface area contributed by atoms with Crippen LogP contribution in [0.2, 0.25) is 0 Å². The number of benzene rings is 1. The van der Waals surface area contributed by atoms with Gasteiger partial charge >= 0.3 is 5.69 Å². The van der Waals surface area contributed by atoms with Gasteiger partial charge in [0.2, 0.25) is 0 Å². The fraction of sp³-hybridized carbons (Fsp3) is 0.409. The quantitative estimate of drug-likeness (QED) is 0.651. The standard InChI is InChI=1S/C22H26N4O3/c1-13-20(15(3)27)14(2)23-21(13)19(28)12-25-10-8-16(9-11-25)26-18-7-5-4-6-17(18)24-22(26)29/h4-7,16,23H,8-12H2,1-3H3,(H,24,29). The Labute approximate surface area is 168 Å². The third-order valence-corrected chi connectivity index (χ3v) is 5.98. The first kappa shape index (κ1) is 19.4. The highest BCUT2D eigenvalue weighted by Gasteiger charge is 2.26. The third kappa shape index (κ3) is 3.46. The van der Waals surface area contributed by atoms with Gasteiger partial charge in [0.25, 0.3) is 0 Å². The average molecular weight is 394 g/mol. The summed E-state index contributed by atoms with van der Waals surface area (Å²) in [5, 5.41) is 0. The van der Waals surface area contributed by atoms with Crippen LogP contribution in [0.1, 0.15) is 57.9 Å². The highest BCUT2D eigenvalue weighted by Crippen LogP contribution is 2.25. The second-order valence-corrected chi connectivity index (χ2v) is 7.93. The molecule has 0 radical (unpaired) electrons. The highest BCUT2D eigenvalue weighted by atomic mass is 16.1. The van der Waals surface area contributed by atoms with Crippen molar-refractivity contribution in [2.75, 3.05) is 19.6 Å². The Morgan fingerprint density at radius 3 is 2.45 bits per heavy atom. The summed E-state index contributed by atoms with van der Waals surface area (Å²) in [4.78, 5) is 45.2. The molecule has 0 aliphatic carbocycles. The average Bonchev–Trinajstić information content (AvgIpc) is 3.17. The van der Waals surface area contributed by atoms with Crippen LogP contribution in [0.25, 0.3) is 11.0 Å². The molecule has 1 saturated heterocycles. The number of Topliss-reactive ketones (excluding diaryl/α,β-unsaturated/α-hetero) is 2. The number of nitrogens with one attached hydrogen (secondary N) is 2. The van der Waals surface area contributed by atoms with Gasteiger partial charge < -0.3 is 9.97 Å². The summed E-state index contributed by atoms with van der Waals surface area (Å²) in [5.74, 6) is -0.0268. The van der Waals surface area contributed by atoms with E-state index >= 15 is 0 Å². The third-order valence-electron chi connectivity index (χ3n) is 5.98. The van der Waals surface area contributed by atoms with Gasteiger partial charge in [-0.25, -0.2) is 4.79 Å². The smallest absolute Gasteiger partial charge is 0.326 e. The monoisotopic (exact) mass is 394 g/mol. The molecule has 1 aliphatic heterocycles. The number of imidazole rings is 1. The summed E-state index contributed by atoms with van der Waals surface area (Å²) in [6.45, 7) is 6.98. The van der Waals surface area contributed by atoms with Crippen molar-refractivity contribution in [2.24, 2.45) is 0 Å². The zero-order valence-corrected chi connectivity index (χ0v) is 17.0. The molecule has 2 aromatic heterocycles. The minimum atomic E-state index is -0.0741. The Kier molecular flexibility index (Phi) is 5.00. The lowest BCUT2D eigenvalue weighted by molar-refractivity contribution is 0.0893. The van der Waals surface area contributed by atoms with E-state index in [2.05, 4.69) is 14.9 Å². The van der Waals surface area contributed by atoms with Crippen LogP contribution in [0, 0.1) is 13.8 Å². The van der Waals surface area contributed by atoms with E-state index in [4.69, 9.17) is 0 Å². The number of hydrogen-bond donors (Lipinski definition) is 2. The van der Waals surface area contributed by atoms with Crippen LogP contribution >= 0.6 is 0 Å². The van der Waals surface area contributed by atoms with Gasteiger partial charge in [-0.15, -0.1) is 0 Å². The van der Waals surface area contributed by atoms with Crippen molar-refractivity contribution in [2.45, 2.75) is 39.7 Å². The van der Waals surface area contributed by atoms with E-state index in [0.29, 0.717) is 17.8 Å². The van der Waals surface area contributed by atoms with Crippen molar-refractivity contribution in [3.05, 3.63) is 57.3 Å². The molecule has 2 N–H and O–H groups in total. The molecule has 1 aliphatic rings. The largest absolute Gasteiger partial charge is 0.355 e. The number of nitrogens with zero attached hydrogens (tertiary/aromatic N) is 2. The first-order valence-corrected chi connectivity index (χ1v) is 10.0. The summed E-state index contributed by atoms with van der Waals surface area (Å²) in [6.07, 6.45) is 1.63. The van der Waals surface area contributed by atoms with Crippen LogP contribution in [0.4, 0.5) is 0 Å². The summed E-state index contributed by atoms with van der Waals surface area (Å²) >= 11 is 0. The molecule has 7 nitrogen and oxygen atoms in total. The molecular weight excluding hydrogens is 368 g/mol. The molecule has 1 fully saturated rings. The number of ketones is 2. The van der Waals surface area contributed by atoms with E-state index < -0.39 is 0 Å². The van der Waals surface area contributed by atoms with Crippen molar-refractivity contribution >= 4 is 22.6 Å². The minimum Gasteiger partial charge on any atom is -0.355 e. The molecule has 3 aromatic rings. The predicted octanol–water partition coefficient (Wildman–Crippen LogP) is 3.00. The number of carbonyl (C=O) groups excluding carboxylic acids is 2. The number of carbonyl (C=O) groups is 2. The Bertz CT molecular complexity index is 1140. The van der Waals surface area contributed by atoms with Crippen LogP contribution in [0.15, 0.2) is 29.1 Å². The molecule has 152 valence electrons. The number of fused-ring (bicyclic) bond motifs is 1. The fourth-order valence-corrected chi connectivity index (χ4v) is 4.61. The van der Waals surface area contributed by atoms with Crippen molar-refractivity contribution in [1.29, 1.82) is 0 Å². The SMILES string of the molecule is CC(=O)c1c(C)[nH]c(C(=O)CN2CCC(n3c(=O)[nH]c4ccccc43)CC2)c1C. The molecule has 0 spiro atoms. The normalized spacial score (nSPS) is 15.8. The molecule has 7 heteroatoms. The minimum absolute atomic E-state index is 0.000751. The maximum Gasteiger partial charge on any atom is 0.326 e.